The summed E-state index contributed by atoms with van der Waals surface area (Å²) in [5.74, 6) is -0.875. The minimum atomic E-state index is -3.26. The highest BCUT2D eigenvalue weighted by Crippen LogP contribution is 2.22. The van der Waals surface area contributed by atoms with Gasteiger partial charge in [-0.05, 0) is 36.6 Å². The van der Waals surface area contributed by atoms with E-state index >= 15 is 0 Å². The van der Waals surface area contributed by atoms with Gasteiger partial charge >= 0.3 is 5.97 Å². The Bertz CT molecular complexity index is 522. The van der Waals surface area contributed by atoms with E-state index in [1.165, 1.54) is 18.2 Å². The van der Waals surface area contributed by atoms with E-state index in [1.54, 1.807) is 0 Å². The quantitative estimate of drug-likeness (QED) is 0.894. The molecule has 0 aliphatic carbocycles. The van der Waals surface area contributed by atoms with Crippen molar-refractivity contribution in [3.8, 4) is 0 Å². The lowest BCUT2D eigenvalue weighted by Crippen LogP contribution is -2.00. The van der Waals surface area contributed by atoms with Gasteiger partial charge in [0, 0.05) is 17.7 Å². The summed E-state index contributed by atoms with van der Waals surface area (Å²) in [6.07, 6.45) is 2.05. The van der Waals surface area contributed by atoms with Gasteiger partial charge in [0.1, 0.15) is 0 Å². The fourth-order valence-electron chi connectivity index (χ4n) is 1.40. The van der Waals surface area contributed by atoms with Crippen molar-refractivity contribution in [3.05, 3.63) is 28.8 Å². The summed E-state index contributed by atoms with van der Waals surface area (Å²) in [7, 11) is -3.26. The van der Waals surface area contributed by atoms with Crippen molar-refractivity contribution < 1.29 is 18.3 Å². The third-order valence-electron chi connectivity index (χ3n) is 2.28. The van der Waals surface area contributed by atoms with E-state index in [9.17, 15) is 13.2 Å². The number of rotatable bonds is 5. The zero-order valence-corrected chi connectivity index (χ0v) is 10.9. The summed E-state index contributed by atoms with van der Waals surface area (Å²) >= 11 is 5.92. The fraction of sp³-hybridized carbons (Fsp3) is 0.364. The second-order valence-electron chi connectivity index (χ2n) is 3.77. The second kappa shape index (κ2) is 5.51. The first-order valence-electron chi connectivity index (χ1n) is 5.01. The molecule has 94 valence electrons. The van der Waals surface area contributed by atoms with Crippen molar-refractivity contribution in [3.63, 3.8) is 0 Å². The first kappa shape index (κ1) is 14.0. The van der Waals surface area contributed by atoms with Crippen LogP contribution < -0.4 is 0 Å². The monoisotopic (exact) mass is 276 g/mol. The van der Waals surface area contributed by atoms with E-state index in [-0.39, 0.29) is 11.3 Å². The molecule has 17 heavy (non-hydrogen) atoms. The minimum Gasteiger partial charge on any atom is -0.481 e. The summed E-state index contributed by atoms with van der Waals surface area (Å²) in [4.78, 5) is 10.6. The maximum absolute atomic E-state index is 11.3. The average Bonchev–Trinajstić information content (AvgIpc) is 2.18. The van der Waals surface area contributed by atoms with Crippen LogP contribution in [0.15, 0.2) is 23.1 Å². The third kappa shape index (κ3) is 4.36. The van der Waals surface area contributed by atoms with Gasteiger partial charge in [-0.15, -0.1) is 0 Å². The Labute approximate surface area is 105 Å². The van der Waals surface area contributed by atoms with Gasteiger partial charge in [-0.3, -0.25) is 4.79 Å². The summed E-state index contributed by atoms with van der Waals surface area (Å²) in [6.45, 7) is 0. The first-order valence-corrected chi connectivity index (χ1v) is 7.28. The number of hydrogen-bond donors (Lipinski definition) is 1. The number of hydrogen-bond acceptors (Lipinski definition) is 3. The molecule has 0 saturated carbocycles. The van der Waals surface area contributed by atoms with Gasteiger partial charge in [0.15, 0.2) is 9.84 Å². The van der Waals surface area contributed by atoms with Crippen molar-refractivity contribution >= 4 is 27.4 Å². The maximum Gasteiger partial charge on any atom is 0.303 e. The smallest absolute Gasteiger partial charge is 0.303 e. The van der Waals surface area contributed by atoms with Gasteiger partial charge < -0.3 is 5.11 Å². The number of aliphatic carboxylic acids is 1. The second-order valence-corrected chi connectivity index (χ2v) is 6.20. The topological polar surface area (TPSA) is 71.4 Å². The van der Waals surface area contributed by atoms with Crippen molar-refractivity contribution in [2.45, 2.75) is 24.2 Å². The molecule has 0 aliphatic rings. The Balaban J connectivity index is 2.88. The Morgan fingerprint density at radius 1 is 1.41 bits per heavy atom. The largest absolute Gasteiger partial charge is 0.481 e. The molecule has 0 bridgehead atoms. The number of carbonyl (C=O) groups is 1. The van der Waals surface area contributed by atoms with Crippen LogP contribution >= 0.6 is 11.6 Å². The molecule has 0 heterocycles. The van der Waals surface area contributed by atoms with Gasteiger partial charge in [0.25, 0.3) is 0 Å². The Morgan fingerprint density at radius 2 is 2.06 bits per heavy atom. The number of benzene rings is 1. The highest BCUT2D eigenvalue weighted by Gasteiger charge is 2.10. The van der Waals surface area contributed by atoms with Crippen LogP contribution in [0, 0.1) is 0 Å². The lowest BCUT2D eigenvalue weighted by Gasteiger charge is -2.06. The summed E-state index contributed by atoms with van der Waals surface area (Å²) in [6, 6.07) is 4.46. The predicted octanol–water partition coefficient (Wildman–Crippen LogP) is 2.15. The van der Waals surface area contributed by atoms with Crippen molar-refractivity contribution in [2.24, 2.45) is 0 Å². The van der Waals surface area contributed by atoms with Gasteiger partial charge in [0.2, 0.25) is 0 Å². The van der Waals surface area contributed by atoms with Crippen LogP contribution in [-0.4, -0.2) is 25.7 Å². The van der Waals surface area contributed by atoms with Crippen LogP contribution in [0.4, 0.5) is 0 Å². The van der Waals surface area contributed by atoms with Crippen LogP contribution in [0.2, 0.25) is 5.02 Å². The molecule has 0 spiro atoms. The van der Waals surface area contributed by atoms with E-state index in [4.69, 9.17) is 16.7 Å². The Hall–Kier alpha value is -1.07. The standard InChI is InChI=1S/C11H13ClO4S/c1-17(15,16)9-5-6-10(12)8(7-9)3-2-4-11(13)14/h5-7H,2-4H2,1H3,(H,13,14). The number of aryl methyl sites for hydroxylation is 1. The molecular formula is C11H13ClO4S. The molecule has 0 saturated heterocycles. The molecule has 0 unspecified atom stereocenters. The lowest BCUT2D eigenvalue weighted by molar-refractivity contribution is -0.137. The summed E-state index contributed by atoms with van der Waals surface area (Å²) in [5, 5.41) is 8.98. The van der Waals surface area contributed by atoms with Crippen molar-refractivity contribution in [1.82, 2.24) is 0 Å². The normalized spacial score (nSPS) is 11.4. The number of carboxylic acids is 1. The van der Waals surface area contributed by atoms with Gasteiger partial charge in [-0.2, -0.15) is 0 Å². The molecular weight excluding hydrogens is 264 g/mol. The molecule has 1 rings (SSSR count). The lowest BCUT2D eigenvalue weighted by atomic mass is 10.1. The van der Waals surface area contributed by atoms with Crippen molar-refractivity contribution in [2.75, 3.05) is 6.26 Å². The highest BCUT2D eigenvalue weighted by molar-refractivity contribution is 7.90. The number of halogens is 1. The molecule has 0 aliphatic heterocycles. The molecule has 0 atom stereocenters. The Morgan fingerprint density at radius 3 is 2.59 bits per heavy atom. The molecule has 0 amide bonds. The van der Waals surface area contributed by atoms with Gasteiger partial charge in [0.05, 0.1) is 4.90 Å². The number of sulfone groups is 1. The molecule has 0 fully saturated rings. The van der Waals surface area contributed by atoms with Crippen LogP contribution in [0.3, 0.4) is 0 Å². The van der Waals surface area contributed by atoms with Gasteiger partial charge in [-0.25, -0.2) is 8.42 Å². The molecule has 1 aromatic carbocycles. The summed E-state index contributed by atoms with van der Waals surface area (Å²) < 4.78 is 22.7. The zero-order chi connectivity index (χ0) is 13.1. The predicted molar refractivity (Wildman–Crippen MR) is 65.1 cm³/mol. The molecule has 4 nitrogen and oxygen atoms in total. The van der Waals surface area contributed by atoms with Crippen LogP contribution in [0.1, 0.15) is 18.4 Å². The third-order valence-corrected chi connectivity index (χ3v) is 3.76. The average molecular weight is 277 g/mol. The molecule has 6 heteroatoms. The first-order chi connectivity index (χ1) is 7.80. The molecule has 0 radical (unpaired) electrons. The van der Waals surface area contributed by atoms with Crippen LogP contribution in [0.25, 0.3) is 0 Å². The molecule has 1 aromatic rings. The van der Waals surface area contributed by atoms with E-state index in [0.29, 0.717) is 23.4 Å². The minimum absolute atomic E-state index is 0.0411. The molecule has 1 N–H and O–H groups in total. The van der Waals surface area contributed by atoms with Crippen LogP contribution in [0.5, 0.6) is 0 Å². The molecule has 0 aromatic heterocycles. The van der Waals surface area contributed by atoms with Gasteiger partial charge in [-0.1, -0.05) is 11.6 Å². The zero-order valence-electron chi connectivity index (χ0n) is 9.31. The highest BCUT2D eigenvalue weighted by atomic mass is 35.5. The van der Waals surface area contributed by atoms with E-state index < -0.39 is 15.8 Å². The number of carboxylic acid groups (broad SMARTS) is 1. The SMILES string of the molecule is CS(=O)(=O)c1ccc(Cl)c(CCCC(=O)O)c1. The van der Waals surface area contributed by atoms with E-state index in [0.717, 1.165) is 6.26 Å². The fourth-order valence-corrected chi connectivity index (χ4v) is 2.29. The Kier molecular flexibility index (Phi) is 4.54. The van der Waals surface area contributed by atoms with E-state index in [2.05, 4.69) is 0 Å². The van der Waals surface area contributed by atoms with Crippen molar-refractivity contribution in [1.29, 1.82) is 0 Å². The summed E-state index contributed by atoms with van der Waals surface area (Å²) in [5.41, 5.74) is 0.663. The maximum atomic E-state index is 11.3. The van der Waals surface area contributed by atoms with Crippen LogP contribution in [-0.2, 0) is 21.1 Å². The van der Waals surface area contributed by atoms with E-state index in [1.807, 2.05) is 0 Å².